The molecule has 1 aromatic carbocycles. The van der Waals surface area contributed by atoms with E-state index in [9.17, 15) is 0 Å². The Hall–Kier alpha value is -1.65. The smallest absolute Gasteiger partial charge is 0.225 e. The van der Waals surface area contributed by atoms with Crippen molar-refractivity contribution in [1.82, 2.24) is 9.97 Å². The van der Waals surface area contributed by atoms with Crippen LogP contribution in [0.25, 0.3) is 10.2 Å². The van der Waals surface area contributed by atoms with Crippen molar-refractivity contribution in [3.05, 3.63) is 46.1 Å². The number of aromatic nitrogens is 2. The molecule has 1 N–H and O–H groups in total. The van der Waals surface area contributed by atoms with Gasteiger partial charge in [0.1, 0.15) is 10.6 Å². The molecule has 3 rings (SSSR count). The van der Waals surface area contributed by atoms with Gasteiger partial charge in [-0.05, 0) is 48.7 Å². The van der Waals surface area contributed by atoms with Gasteiger partial charge in [0.15, 0.2) is 0 Å². The number of fused-ring (bicyclic) bond motifs is 1. The summed E-state index contributed by atoms with van der Waals surface area (Å²) >= 11 is 7.61. The summed E-state index contributed by atoms with van der Waals surface area (Å²) < 4.78 is 0. The summed E-state index contributed by atoms with van der Waals surface area (Å²) in [5.41, 5.74) is 2.31. The molecule has 0 unspecified atom stereocenters. The Bertz CT molecular complexity index is 750. The number of hydrogen-bond donors (Lipinski definition) is 1. The number of halogens is 1. The van der Waals surface area contributed by atoms with Gasteiger partial charge in [0.25, 0.3) is 0 Å². The van der Waals surface area contributed by atoms with E-state index in [4.69, 9.17) is 11.6 Å². The van der Waals surface area contributed by atoms with Crippen molar-refractivity contribution in [2.45, 2.75) is 20.3 Å². The molecule has 0 saturated carbocycles. The van der Waals surface area contributed by atoms with Crippen LogP contribution in [0.3, 0.4) is 0 Å². The molecule has 0 atom stereocenters. The first-order chi connectivity index (χ1) is 9.65. The van der Waals surface area contributed by atoms with Gasteiger partial charge in [-0.15, -0.1) is 11.3 Å². The molecule has 0 spiro atoms. The minimum Gasteiger partial charge on any atom is -0.340 e. The van der Waals surface area contributed by atoms with Gasteiger partial charge >= 0.3 is 0 Å². The molecular formula is C15H14ClN3S. The predicted octanol–water partition coefficient (Wildman–Crippen LogP) is 4.96. The summed E-state index contributed by atoms with van der Waals surface area (Å²) in [5, 5.41) is 4.60. The lowest BCUT2D eigenvalue weighted by Gasteiger charge is -2.07. The highest BCUT2D eigenvalue weighted by molar-refractivity contribution is 7.18. The van der Waals surface area contributed by atoms with Crippen LogP contribution >= 0.6 is 22.9 Å². The zero-order valence-corrected chi connectivity index (χ0v) is 12.8. The monoisotopic (exact) mass is 303 g/mol. The second-order valence-corrected chi connectivity index (χ2v) is 6.17. The standard InChI is InChI=1S/C15H14ClN3S/c1-3-10-4-6-11(7-5-10)17-13-12-8-9(2)20-14(12)19-15(16)18-13/h4-8H,3H2,1-2H3,(H,17,18,19). The van der Waals surface area contributed by atoms with Crippen LogP contribution in [0, 0.1) is 6.92 Å². The third kappa shape index (κ3) is 2.62. The quantitative estimate of drug-likeness (QED) is 0.695. The van der Waals surface area contributed by atoms with E-state index in [1.165, 1.54) is 10.4 Å². The fraction of sp³-hybridized carbons (Fsp3) is 0.200. The molecule has 0 bridgehead atoms. The Morgan fingerprint density at radius 3 is 2.65 bits per heavy atom. The van der Waals surface area contributed by atoms with Gasteiger partial charge in [0.2, 0.25) is 5.28 Å². The Kier molecular flexibility index (Phi) is 3.59. The normalized spacial score (nSPS) is 10.9. The van der Waals surface area contributed by atoms with Crippen molar-refractivity contribution in [3.8, 4) is 0 Å². The summed E-state index contributed by atoms with van der Waals surface area (Å²) in [4.78, 5) is 10.7. The SMILES string of the molecule is CCc1ccc(Nc2nc(Cl)nc3sc(C)cc23)cc1. The van der Waals surface area contributed by atoms with Gasteiger partial charge in [-0.2, -0.15) is 4.98 Å². The number of nitrogens with one attached hydrogen (secondary N) is 1. The number of hydrogen-bond acceptors (Lipinski definition) is 4. The molecule has 5 heteroatoms. The average molecular weight is 304 g/mol. The largest absolute Gasteiger partial charge is 0.340 e. The molecule has 0 aliphatic rings. The van der Waals surface area contributed by atoms with Gasteiger partial charge in [-0.25, -0.2) is 4.98 Å². The molecule has 0 amide bonds. The van der Waals surface area contributed by atoms with Crippen LogP contribution in [-0.2, 0) is 6.42 Å². The van der Waals surface area contributed by atoms with Gasteiger partial charge in [-0.3, -0.25) is 0 Å². The molecule has 0 aliphatic heterocycles. The molecular weight excluding hydrogens is 290 g/mol. The maximum absolute atomic E-state index is 5.99. The fourth-order valence-electron chi connectivity index (χ4n) is 2.07. The molecule has 0 fully saturated rings. The van der Waals surface area contributed by atoms with Crippen LogP contribution in [-0.4, -0.2) is 9.97 Å². The number of nitrogens with zero attached hydrogens (tertiary/aromatic N) is 2. The van der Waals surface area contributed by atoms with Crippen LogP contribution in [0.5, 0.6) is 0 Å². The number of anilines is 2. The minimum absolute atomic E-state index is 0.270. The van der Waals surface area contributed by atoms with Gasteiger partial charge in [0, 0.05) is 10.6 Å². The lowest BCUT2D eigenvalue weighted by atomic mass is 10.1. The highest BCUT2D eigenvalue weighted by Gasteiger charge is 2.09. The van der Waals surface area contributed by atoms with Crippen LogP contribution in [0.2, 0.25) is 5.28 Å². The van der Waals surface area contributed by atoms with Gasteiger partial charge in [-0.1, -0.05) is 19.1 Å². The van der Waals surface area contributed by atoms with E-state index in [0.717, 1.165) is 28.1 Å². The number of rotatable bonds is 3. The van der Waals surface area contributed by atoms with Crippen LogP contribution in [0.4, 0.5) is 11.5 Å². The summed E-state index contributed by atoms with van der Waals surface area (Å²) in [5.74, 6) is 0.758. The third-order valence-corrected chi connectivity index (χ3v) is 4.23. The van der Waals surface area contributed by atoms with E-state index in [-0.39, 0.29) is 5.28 Å². The first-order valence-electron chi connectivity index (χ1n) is 6.45. The second kappa shape index (κ2) is 5.38. The van der Waals surface area contributed by atoms with E-state index < -0.39 is 0 Å². The maximum Gasteiger partial charge on any atom is 0.225 e. The first kappa shape index (κ1) is 13.3. The van der Waals surface area contributed by atoms with Crippen molar-refractivity contribution in [2.24, 2.45) is 0 Å². The van der Waals surface area contributed by atoms with Crippen molar-refractivity contribution in [2.75, 3.05) is 5.32 Å². The number of benzene rings is 1. The summed E-state index contributed by atoms with van der Waals surface area (Å²) in [7, 11) is 0. The Morgan fingerprint density at radius 1 is 1.20 bits per heavy atom. The van der Waals surface area contributed by atoms with Crippen molar-refractivity contribution in [1.29, 1.82) is 0 Å². The molecule has 2 heterocycles. The molecule has 20 heavy (non-hydrogen) atoms. The Morgan fingerprint density at radius 2 is 1.95 bits per heavy atom. The maximum atomic E-state index is 5.99. The van der Waals surface area contributed by atoms with E-state index in [1.807, 2.05) is 0 Å². The molecule has 3 aromatic rings. The lowest BCUT2D eigenvalue weighted by molar-refractivity contribution is 1.14. The summed E-state index contributed by atoms with van der Waals surface area (Å²) in [6, 6.07) is 10.4. The third-order valence-electron chi connectivity index (χ3n) is 3.11. The average Bonchev–Trinajstić information content (AvgIpc) is 2.80. The van der Waals surface area contributed by atoms with Crippen molar-refractivity contribution >= 4 is 44.7 Å². The molecule has 0 radical (unpaired) electrons. The van der Waals surface area contributed by atoms with Gasteiger partial charge in [0.05, 0.1) is 5.39 Å². The number of thiophene rings is 1. The zero-order valence-electron chi connectivity index (χ0n) is 11.3. The highest BCUT2D eigenvalue weighted by Crippen LogP contribution is 2.31. The van der Waals surface area contributed by atoms with E-state index >= 15 is 0 Å². The summed E-state index contributed by atoms with van der Waals surface area (Å²) in [6.45, 7) is 4.20. The molecule has 0 saturated heterocycles. The molecule has 2 aromatic heterocycles. The van der Waals surface area contributed by atoms with Crippen molar-refractivity contribution in [3.63, 3.8) is 0 Å². The van der Waals surface area contributed by atoms with Crippen LogP contribution in [0.1, 0.15) is 17.4 Å². The predicted molar refractivity (Wildman–Crippen MR) is 86.3 cm³/mol. The first-order valence-corrected chi connectivity index (χ1v) is 7.65. The molecule has 3 nitrogen and oxygen atoms in total. The van der Waals surface area contributed by atoms with Crippen molar-refractivity contribution < 1.29 is 0 Å². The Labute approximate surface area is 126 Å². The van der Waals surface area contributed by atoms with E-state index in [2.05, 4.69) is 59.5 Å². The highest BCUT2D eigenvalue weighted by atomic mass is 35.5. The topological polar surface area (TPSA) is 37.8 Å². The lowest BCUT2D eigenvalue weighted by Crippen LogP contribution is -1.96. The van der Waals surface area contributed by atoms with Crippen LogP contribution in [0.15, 0.2) is 30.3 Å². The molecule has 0 aliphatic carbocycles. The van der Waals surface area contributed by atoms with E-state index in [1.54, 1.807) is 11.3 Å². The number of aryl methyl sites for hydroxylation is 2. The van der Waals surface area contributed by atoms with Gasteiger partial charge < -0.3 is 5.32 Å². The Balaban J connectivity index is 2.00. The van der Waals surface area contributed by atoms with E-state index in [0.29, 0.717) is 0 Å². The zero-order chi connectivity index (χ0) is 14.1. The fourth-order valence-corrected chi connectivity index (χ4v) is 3.17. The second-order valence-electron chi connectivity index (χ2n) is 4.59. The minimum atomic E-state index is 0.270. The van der Waals surface area contributed by atoms with Crippen LogP contribution < -0.4 is 5.32 Å². The summed E-state index contributed by atoms with van der Waals surface area (Å²) in [6.07, 6.45) is 1.04. The molecule has 102 valence electrons.